The number of hydrogen-bond donors (Lipinski definition) is 1. The molecule has 1 fully saturated rings. The molecule has 1 aromatic heterocycles. The summed E-state index contributed by atoms with van der Waals surface area (Å²) in [5.41, 5.74) is 0. The van der Waals surface area contributed by atoms with Gasteiger partial charge < -0.3 is 10.2 Å². The zero-order chi connectivity index (χ0) is 10.7. The van der Waals surface area contributed by atoms with Gasteiger partial charge in [-0.1, -0.05) is 11.5 Å². The van der Waals surface area contributed by atoms with E-state index in [4.69, 9.17) is 0 Å². The van der Waals surface area contributed by atoms with Gasteiger partial charge in [-0.25, -0.2) is 4.68 Å². The molecular formula is C9H18N6. The molecule has 6 nitrogen and oxygen atoms in total. The van der Waals surface area contributed by atoms with E-state index in [1.54, 1.807) is 4.68 Å². The number of hydrogen-bond acceptors (Lipinski definition) is 5. The number of piperidine rings is 1. The Morgan fingerprint density at radius 2 is 2.40 bits per heavy atom. The van der Waals surface area contributed by atoms with Gasteiger partial charge in [0.2, 0.25) is 5.95 Å². The predicted octanol–water partition coefficient (Wildman–Crippen LogP) is -0.212. The molecule has 0 bridgehead atoms. The van der Waals surface area contributed by atoms with E-state index in [0.29, 0.717) is 6.04 Å². The van der Waals surface area contributed by atoms with Gasteiger partial charge in [-0.3, -0.25) is 0 Å². The summed E-state index contributed by atoms with van der Waals surface area (Å²) in [5.74, 6) is 0.822. The molecule has 1 atom stereocenters. The Morgan fingerprint density at radius 3 is 3.00 bits per heavy atom. The van der Waals surface area contributed by atoms with E-state index >= 15 is 0 Å². The van der Waals surface area contributed by atoms with Crippen LogP contribution in [0.15, 0.2) is 0 Å². The predicted molar refractivity (Wildman–Crippen MR) is 57.7 cm³/mol. The maximum Gasteiger partial charge on any atom is 0.245 e. The normalized spacial score (nSPS) is 21.6. The molecule has 1 aromatic rings. The molecule has 1 saturated heterocycles. The lowest BCUT2D eigenvalue weighted by atomic mass is 10.1. The first-order chi connectivity index (χ1) is 7.27. The second-order valence-corrected chi connectivity index (χ2v) is 4.13. The van der Waals surface area contributed by atoms with Crippen molar-refractivity contribution in [3.05, 3.63) is 0 Å². The van der Waals surface area contributed by atoms with Crippen molar-refractivity contribution in [2.45, 2.75) is 25.3 Å². The van der Waals surface area contributed by atoms with E-state index in [1.807, 2.05) is 14.1 Å². The van der Waals surface area contributed by atoms with Gasteiger partial charge in [0.15, 0.2) is 0 Å². The van der Waals surface area contributed by atoms with E-state index in [0.717, 1.165) is 19.0 Å². The van der Waals surface area contributed by atoms with Crippen LogP contribution in [0.2, 0.25) is 0 Å². The van der Waals surface area contributed by atoms with Crippen molar-refractivity contribution in [3.63, 3.8) is 0 Å². The maximum atomic E-state index is 3.98. The maximum absolute atomic E-state index is 3.98. The molecule has 1 aliphatic rings. The summed E-state index contributed by atoms with van der Waals surface area (Å²) in [5, 5.41) is 15.0. The van der Waals surface area contributed by atoms with Crippen LogP contribution >= 0.6 is 0 Å². The van der Waals surface area contributed by atoms with Gasteiger partial charge in [-0.2, -0.15) is 0 Å². The quantitative estimate of drug-likeness (QED) is 0.748. The van der Waals surface area contributed by atoms with Gasteiger partial charge in [0.1, 0.15) is 0 Å². The third-order valence-corrected chi connectivity index (χ3v) is 2.85. The van der Waals surface area contributed by atoms with E-state index in [-0.39, 0.29) is 0 Å². The van der Waals surface area contributed by atoms with Gasteiger partial charge in [0.25, 0.3) is 0 Å². The number of nitrogens with one attached hydrogen (secondary N) is 1. The van der Waals surface area contributed by atoms with Gasteiger partial charge in [0, 0.05) is 26.7 Å². The number of aromatic nitrogens is 4. The average Bonchev–Trinajstić information content (AvgIpc) is 2.66. The van der Waals surface area contributed by atoms with Crippen molar-refractivity contribution in [2.24, 2.45) is 7.05 Å². The molecule has 0 spiro atoms. The first kappa shape index (κ1) is 10.4. The third-order valence-electron chi connectivity index (χ3n) is 2.85. The molecule has 2 rings (SSSR count). The van der Waals surface area contributed by atoms with E-state index in [1.165, 1.54) is 19.3 Å². The molecular weight excluding hydrogens is 192 g/mol. The largest absolute Gasteiger partial charge is 0.341 e. The van der Waals surface area contributed by atoms with Gasteiger partial charge in [-0.15, -0.1) is 0 Å². The zero-order valence-corrected chi connectivity index (χ0v) is 9.35. The molecule has 6 heteroatoms. The number of nitrogens with zero attached hydrogens (tertiary/aromatic N) is 5. The third kappa shape index (κ3) is 2.44. The molecule has 0 amide bonds. The van der Waals surface area contributed by atoms with Gasteiger partial charge in [0.05, 0.1) is 0 Å². The van der Waals surface area contributed by atoms with E-state index in [2.05, 4.69) is 25.7 Å². The molecule has 2 heterocycles. The Bertz CT molecular complexity index is 303. The number of anilines is 1. The summed E-state index contributed by atoms with van der Waals surface area (Å²) >= 11 is 0. The minimum atomic E-state index is 0.570. The highest BCUT2D eigenvalue weighted by Crippen LogP contribution is 2.11. The smallest absolute Gasteiger partial charge is 0.245 e. The van der Waals surface area contributed by atoms with Crippen LogP contribution in [0.1, 0.15) is 19.3 Å². The molecule has 0 aromatic carbocycles. The molecule has 1 N–H and O–H groups in total. The summed E-state index contributed by atoms with van der Waals surface area (Å²) in [6.07, 6.45) is 3.87. The highest BCUT2D eigenvalue weighted by atomic mass is 15.6. The SMILES string of the molecule is CN(CC1CCCCN1)c1nnnn1C. The van der Waals surface area contributed by atoms with Gasteiger partial charge >= 0.3 is 0 Å². The Morgan fingerprint density at radius 1 is 1.53 bits per heavy atom. The molecule has 84 valence electrons. The van der Waals surface area contributed by atoms with Crippen molar-refractivity contribution in [1.82, 2.24) is 25.5 Å². The molecule has 0 saturated carbocycles. The number of aryl methyl sites for hydroxylation is 1. The number of likely N-dealkylation sites (N-methyl/N-ethyl adjacent to an activating group) is 1. The number of tetrazole rings is 1. The standard InChI is InChI=1S/C9H18N6/c1-14(9-11-12-13-15(9)2)7-8-5-3-4-6-10-8/h8,10H,3-7H2,1-2H3. The lowest BCUT2D eigenvalue weighted by Gasteiger charge is -2.28. The minimum absolute atomic E-state index is 0.570. The molecule has 1 aliphatic heterocycles. The fraction of sp³-hybridized carbons (Fsp3) is 0.889. The first-order valence-corrected chi connectivity index (χ1v) is 5.44. The fourth-order valence-electron chi connectivity index (χ4n) is 2.04. The highest BCUT2D eigenvalue weighted by Gasteiger charge is 2.17. The minimum Gasteiger partial charge on any atom is -0.341 e. The van der Waals surface area contributed by atoms with E-state index < -0.39 is 0 Å². The van der Waals surface area contributed by atoms with Crippen LogP contribution in [0.25, 0.3) is 0 Å². The van der Waals surface area contributed by atoms with Crippen molar-refractivity contribution >= 4 is 5.95 Å². The van der Waals surface area contributed by atoms with E-state index in [9.17, 15) is 0 Å². The highest BCUT2D eigenvalue weighted by molar-refractivity contribution is 5.26. The summed E-state index contributed by atoms with van der Waals surface area (Å²) < 4.78 is 1.70. The van der Waals surface area contributed by atoms with Crippen LogP contribution in [-0.2, 0) is 7.05 Å². The second-order valence-electron chi connectivity index (χ2n) is 4.13. The molecule has 1 unspecified atom stereocenters. The second kappa shape index (κ2) is 4.57. The summed E-state index contributed by atoms with van der Waals surface area (Å²) in [6.45, 7) is 2.10. The average molecular weight is 210 g/mol. The zero-order valence-electron chi connectivity index (χ0n) is 9.35. The number of rotatable bonds is 3. The van der Waals surface area contributed by atoms with Crippen LogP contribution in [0.3, 0.4) is 0 Å². The Kier molecular flexibility index (Phi) is 3.15. The van der Waals surface area contributed by atoms with Crippen LogP contribution < -0.4 is 10.2 Å². The van der Waals surface area contributed by atoms with Crippen LogP contribution in [-0.4, -0.2) is 46.4 Å². The lowest BCUT2D eigenvalue weighted by molar-refractivity contribution is 0.401. The van der Waals surface area contributed by atoms with Crippen molar-refractivity contribution in [3.8, 4) is 0 Å². The molecule has 0 aliphatic carbocycles. The summed E-state index contributed by atoms with van der Waals surface area (Å²) in [4.78, 5) is 2.10. The van der Waals surface area contributed by atoms with Crippen LogP contribution in [0.5, 0.6) is 0 Å². The summed E-state index contributed by atoms with van der Waals surface area (Å²) in [7, 11) is 3.89. The van der Waals surface area contributed by atoms with Crippen molar-refractivity contribution in [1.29, 1.82) is 0 Å². The Labute approximate surface area is 89.6 Å². The van der Waals surface area contributed by atoms with Crippen molar-refractivity contribution in [2.75, 3.05) is 25.0 Å². The van der Waals surface area contributed by atoms with Gasteiger partial charge in [-0.05, 0) is 29.8 Å². The Hall–Kier alpha value is -1.17. The first-order valence-electron chi connectivity index (χ1n) is 5.44. The van der Waals surface area contributed by atoms with Crippen LogP contribution in [0, 0.1) is 0 Å². The lowest BCUT2D eigenvalue weighted by Crippen LogP contribution is -2.43. The fourth-order valence-corrected chi connectivity index (χ4v) is 2.04. The summed E-state index contributed by atoms with van der Waals surface area (Å²) in [6, 6.07) is 0.570. The molecule has 0 radical (unpaired) electrons. The topological polar surface area (TPSA) is 58.9 Å². The molecule has 15 heavy (non-hydrogen) atoms. The van der Waals surface area contributed by atoms with Crippen LogP contribution in [0.4, 0.5) is 5.95 Å². The Balaban J connectivity index is 1.91. The monoisotopic (exact) mass is 210 g/mol. The van der Waals surface area contributed by atoms with Crippen molar-refractivity contribution < 1.29 is 0 Å².